The Labute approximate surface area is 109 Å². The van der Waals surface area contributed by atoms with E-state index in [1.807, 2.05) is 19.9 Å². The van der Waals surface area contributed by atoms with Gasteiger partial charge < -0.3 is 19.3 Å². The van der Waals surface area contributed by atoms with Crippen molar-refractivity contribution in [3.05, 3.63) is 17.5 Å². The molecule has 1 aromatic rings. The van der Waals surface area contributed by atoms with Crippen LogP contribution in [0.25, 0.3) is 0 Å². The molecule has 0 aliphatic rings. The van der Waals surface area contributed by atoms with Gasteiger partial charge in [-0.3, -0.25) is 0 Å². The molecule has 0 aliphatic heterocycles. The third kappa shape index (κ3) is 6.14. The van der Waals surface area contributed by atoms with E-state index < -0.39 is 0 Å². The molecule has 0 fully saturated rings. The van der Waals surface area contributed by atoms with Gasteiger partial charge in [0.1, 0.15) is 6.61 Å². The first-order valence-electron chi connectivity index (χ1n) is 6.49. The average Bonchev–Trinajstić information content (AvgIpc) is 2.79. The fourth-order valence-corrected chi connectivity index (χ4v) is 1.37. The summed E-state index contributed by atoms with van der Waals surface area (Å²) < 4.78 is 16.1. The summed E-state index contributed by atoms with van der Waals surface area (Å²) in [5.74, 6) is 0.749. The third-order valence-electron chi connectivity index (χ3n) is 2.37. The summed E-state index contributed by atoms with van der Waals surface area (Å²) in [6, 6.07) is 2.36. The van der Waals surface area contributed by atoms with Crippen molar-refractivity contribution in [1.82, 2.24) is 10.5 Å². The van der Waals surface area contributed by atoms with Gasteiger partial charge in [0.15, 0.2) is 5.76 Å². The molecule has 0 amide bonds. The van der Waals surface area contributed by atoms with Crippen LogP contribution in [0.15, 0.2) is 10.6 Å². The second kappa shape index (κ2) is 8.24. The van der Waals surface area contributed by atoms with Crippen molar-refractivity contribution in [2.24, 2.45) is 0 Å². The number of aromatic nitrogens is 1. The smallest absolute Gasteiger partial charge is 0.162 e. The number of ether oxygens (including phenoxy) is 2. The van der Waals surface area contributed by atoms with Crippen LogP contribution in [-0.4, -0.2) is 30.5 Å². The average molecular weight is 256 g/mol. The molecule has 104 valence electrons. The lowest BCUT2D eigenvalue weighted by atomic mass is 10.3. The SMILES string of the molecule is CCOCC(C)OCc1cc(CNC(C)C)no1. The summed E-state index contributed by atoms with van der Waals surface area (Å²) in [7, 11) is 0. The van der Waals surface area contributed by atoms with E-state index in [-0.39, 0.29) is 6.10 Å². The Balaban J connectivity index is 2.26. The first kappa shape index (κ1) is 15.1. The highest BCUT2D eigenvalue weighted by Crippen LogP contribution is 2.07. The zero-order chi connectivity index (χ0) is 13.4. The lowest BCUT2D eigenvalue weighted by Gasteiger charge is -2.10. The normalized spacial score (nSPS) is 13.2. The Morgan fingerprint density at radius 3 is 2.83 bits per heavy atom. The minimum absolute atomic E-state index is 0.0623. The monoisotopic (exact) mass is 256 g/mol. The van der Waals surface area contributed by atoms with Crippen LogP contribution < -0.4 is 5.32 Å². The van der Waals surface area contributed by atoms with Crippen LogP contribution in [0.3, 0.4) is 0 Å². The van der Waals surface area contributed by atoms with Crippen molar-refractivity contribution < 1.29 is 14.0 Å². The van der Waals surface area contributed by atoms with E-state index in [2.05, 4.69) is 24.3 Å². The van der Waals surface area contributed by atoms with E-state index in [9.17, 15) is 0 Å². The highest BCUT2D eigenvalue weighted by molar-refractivity contribution is 5.04. The van der Waals surface area contributed by atoms with E-state index in [0.29, 0.717) is 25.9 Å². The zero-order valence-corrected chi connectivity index (χ0v) is 11.7. The minimum atomic E-state index is 0.0623. The maximum Gasteiger partial charge on any atom is 0.162 e. The number of nitrogens with one attached hydrogen (secondary N) is 1. The highest BCUT2D eigenvalue weighted by Gasteiger charge is 2.07. The molecule has 1 rings (SSSR count). The van der Waals surface area contributed by atoms with Crippen LogP contribution in [0.4, 0.5) is 0 Å². The van der Waals surface area contributed by atoms with Crippen LogP contribution >= 0.6 is 0 Å². The molecule has 1 N–H and O–H groups in total. The van der Waals surface area contributed by atoms with Gasteiger partial charge in [-0.1, -0.05) is 19.0 Å². The first-order valence-corrected chi connectivity index (χ1v) is 6.49. The molecule has 0 aromatic carbocycles. The molecule has 0 saturated heterocycles. The predicted octanol–water partition coefficient (Wildman–Crippen LogP) is 2.11. The van der Waals surface area contributed by atoms with Crippen molar-refractivity contribution in [3.8, 4) is 0 Å². The molecule has 1 aromatic heterocycles. The number of hydrogen-bond donors (Lipinski definition) is 1. The van der Waals surface area contributed by atoms with E-state index >= 15 is 0 Å². The molecular weight excluding hydrogens is 232 g/mol. The van der Waals surface area contributed by atoms with E-state index in [0.717, 1.165) is 18.0 Å². The van der Waals surface area contributed by atoms with Crippen molar-refractivity contribution in [2.45, 2.75) is 53.0 Å². The van der Waals surface area contributed by atoms with Crippen molar-refractivity contribution in [1.29, 1.82) is 0 Å². The molecular formula is C13H24N2O3. The maximum absolute atomic E-state index is 5.59. The second-order valence-electron chi connectivity index (χ2n) is 4.60. The quantitative estimate of drug-likeness (QED) is 0.733. The third-order valence-corrected chi connectivity index (χ3v) is 2.37. The Kier molecular flexibility index (Phi) is 6.93. The van der Waals surface area contributed by atoms with Crippen LogP contribution in [0, 0.1) is 0 Å². The Hall–Kier alpha value is -0.910. The van der Waals surface area contributed by atoms with Crippen LogP contribution in [0.5, 0.6) is 0 Å². The topological polar surface area (TPSA) is 56.5 Å². The molecule has 0 radical (unpaired) electrons. The van der Waals surface area contributed by atoms with Gasteiger partial charge >= 0.3 is 0 Å². The van der Waals surface area contributed by atoms with Gasteiger partial charge in [-0.25, -0.2) is 0 Å². The largest absolute Gasteiger partial charge is 0.379 e. The fourth-order valence-electron chi connectivity index (χ4n) is 1.37. The first-order chi connectivity index (χ1) is 8.61. The lowest BCUT2D eigenvalue weighted by molar-refractivity contribution is -0.0183. The zero-order valence-electron chi connectivity index (χ0n) is 11.7. The standard InChI is InChI=1S/C13H24N2O3/c1-5-16-8-11(4)17-9-13-6-12(15-18-13)7-14-10(2)3/h6,10-11,14H,5,7-9H2,1-4H3. The molecule has 1 heterocycles. The number of nitrogens with zero attached hydrogens (tertiary/aromatic N) is 1. The molecule has 1 atom stereocenters. The van der Waals surface area contributed by atoms with Gasteiger partial charge in [0, 0.05) is 25.3 Å². The molecule has 18 heavy (non-hydrogen) atoms. The van der Waals surface area contributed by atoms with Gasteiger partial charge in [-0.2, -0.15) is 0 Å². The number of rotatable bonds is 9. The van der Waals surface area contributed by atoms with E-state index in [1.54, 1.807) is 0 Å². The summed E-state index contributed by atoms with van der Waals surface area (Å²) >= 11 is 0. The molecule has 0 saturated carbocycles. The molecule has 0 spiro atoms. The van der Waals surface area contributed by atoms with Crippen LogP contribution in [0.2, 0.25) is 0 Å². The Morgan fingerprint density at radius 1 is 1.39 bits per heavy atom. The van der Waals surface area contributed by atoms with Crippen LogP contribution in [0.1, 0.15) is 39.1 Å². The van der Waals surface area contributed by atoms with Gasteiger partial charge in [0.05, 0.1) is 18.4 Å². The van der Waals surface area contributed by atoms with E-state index in [1.165, 1.54) is 0 Å². The summed E-state index contributed by atoms with van der Waals surface area (Å²) in [6.45, 7) is 10.6. The minimum Gasteiger partial charge on any atom is -0.379 e. The summed E-state index contributed by atoms with van der Waals surface area (Å²) in [4.78, 5) is 0. The molecule has 0 bridgehead atoms. The highest BCUT2D eigenvalue weighted by atomic mass is 16.5. The maximum atomic E-state index is 5.59. The summed E-state index contributed by atoms with van der Waals surface area (Å²) in [6.07, 6.45) is 0.0623. The summed E-state index contributed by atoms with van der Waals surface area (Å²) in [5.41, 5.74) is 0.903. The van der Waals surface area contributed by atoms with Gasteiger partial charge in [-0.15, -0.1) is 0 Å². The molecule has 5 nitrogen and oxygen atoms in total. The van der Waals surface area contributed by atoms with Gasteiger partial charge in [-0.05, 0) is 13.8 Å². The Bertz CT molecular complexity index is 326. The van der Waals surface area contributed by atoms with Crippen molar-refractivity contribution in [3.63, 3.8) is 0 Å². The predicted molar refractivity (Wildman–Crippen MR) is 69.2 cm³/mol. The molecule has 5 heteroatoms. The van der Waals surface area contributed by atoms with Crippen molar-refractivity contribution >= 4 is 0 Å². The van der Waals surface area contributed by atoms with Crippen molar-refractivity contribution in [2.75, 3.05) is 13.2 Å². The lowest BCUT2D eigenvalue weighted by Crippen LogP contribution is -2.21. The van der Waals surface area contributed by atoms with Crippen LogP contribution in [-0.2, 0) is 22.6 Å². The number of hydrogen-bond acceptors (Lipinski definition) is 5. The molecule has 0 aliphatic carbocycles. The second-order valence-corrected chi connectivity index (χ2v) is 4.60. The molecule has 1 unspecified atom stereocenters. The van der Waals surface area contributed by atoms with E-state index in [4.69, 9.17) is 14.0 Å². The fraction of sp³-hybridized carbons (Fsp3) is 0.769. The summed E-state index contributed by atoms with van der Waals surface area (Å²) in [5, 5.41) is 7.26. The van der Waals surface area contributed by atoms with Gasteiger partial charge in [0.25, 0.3) is 0 Å². The van der Waals surface area contributed by atoms with Gasteiger partial charge in [0.2, 0.25) is 0 Å². The Morgan fingerprint density at radius 2 is 2.17 bits per heavy atom.